The van der Waals surface area contributed by atoms with Gasteiger partial charge in [0.1, 0.15) is 0 Å². The zero-order valence-corrected chi connectivity index (χ0v) is 14.5. The van der Waals surface area contributed by atoms with Gasteiger partial charge in [0.25, 0.3) is 0 Å². The van der Waals surface area contributed by atoms with E-state index in [1.54, 1.807) is 0 Å². The van der Waals surface area contributed by atoms with Gasteiger partial charge < -0.3 is 9.72 Å². The SMILES string of the molecule is CCCN1CCOC2c3cccc4[nH]c(Br)c(c34)CC21.Cl. The molecule has 21 heavy (non-hydrogen) atoms. The van der Waals surface area contributed by atoms with E-state index in [-0.39, 0.29) is 18.5 Å². The molecule has 1 aromatic heterocycles. The Morgan fingerprint density at radius 2 is 2.29 bits per heavy atom. The first-order chi connectivity index (χ1) is 9.79. The predicted molar refractivity (Wildman–Crippen MR) is 91.3 cm³/mol. The number of H-pyrrole nitrogens is 1. The van der Waals surface area contributed by atoms with Crippen molar-refractivity contribution in [2.45, 2.75) is 31.9 Å². The number of aromatic nitrogens is 1. The first-order valence-corrected chi connectivity index (χ1v) is 8.23. The molecular weight excluding hydrogens is 352 g/mol. The molecule has 1 N–H and O–H groups in total. The molecule has 2 aromatic rings. The summed E-state index contributed by atoms with van der Waals surface area (Å²) in [6.45, 7) is 5.32. The average molecular weight is 372 g/mol. The lowest BCUT2D eigenvalue weighted by Crippen LogP contribution is -2.49. The van der Waals surface area contributed by atoms with Crippen molar-refractivity contribution >= 4 is 39.2 Å². The van der Waals surface area contributed by atoms with Crippen LogP contribution in [-0.4, -0.2) is 35.6 Å². The maximum Gasteiger partial charge on any atom is 0.0990 e. The first-order valence-electron chi connectivity index (χ1n) is 7.44. The number of fused-ring (bicyclic) bond motifs is 2. The third-order valence-electron chi connectivity index (χ3n) is 4.63. The monoisotopic (exact) mass is 370 g/mol. The number of hydrogen-bond donors (Lipinski definition) is 1. The molecule has 0 bridgehead atoms. The van der Waals surface area contributed by atoms with E-state index in [1.165, 1.54) is 28.5 Å². The second kappa shape index (κ2) is 5.92. The summed E-state index contributed by atoms with van der Waals surface area (Å²) in [6.07, 6.45) is 2.51. The Morgan fingerprint density at radius 3 is 3.10 bits per heavy atom. The minimum Gasteiger partial charge on any atom is -0.371 e. The molecule has 1 saturated heterocycles. The third-order valence-corrected chi connectivity index (χ3v) is 5.31. The average Bonchev–Trinajstić information content (AvgIpc) is 2.78. The van der Waals surface area contributed by atoms with Gasteiger partial charge in [0.05, 0.1) is 17.3 Å². The Bertz CT molecular complexity index is 655. The lowest BCUT2D eigenvalue weighted by Gasteiger charge is -2.43. The Kier molecular flexibility index (Phi) is 4.33. The maximum absolute atomic E-state index is 6.14. The molecule has 114 valence electrons. The van der Waals surface area contributed by atoms with Crippen LogP contribution in [0.3, 0.4) is 0 Å². The Hall–Kier alpha value is -0.550. The summed E-state index contributed by atoms with van der Waals surface area (Å²) in [7, 11) is 0. The molecule has 1 fully saturated rings. The van der Waals surface area contributed by atoms with Gasteiger partial charge in [0.15, 0.2) is 0 Å². The van der Waals surface area contributed by atoms with Gasteiger partial charge in [-0.25, -0.2) is 0 Å². The van der Waals surface area contributed by atoms with Crippen molar-refractivity contribution in [3.05, 3.63) is 33.9 Å². The highest BCUT2D eigenvalue weighted by atomic mass is 79.9. The molecule has 0 radical (unpaired) electrons. The van der Waals surface area contributed by atoms with Crippen LogP contribution in [0.2, 0.25) is 0 Å². The van der Waals surface area contributed by atoms with Crippen LogP contribution in [0.1, 0.15) is 30.6 Å². The number of hydrogen-bond acceptors (Lipinski definition) is 2. The van der Waals surface area contributed by atoms with Crippen LogP contribution in [0.4, 0.5) is 0 Å². The van der Waals surface area contributed by atoms with Gasteiger partial charge in [0, 0.05) is 23.5 Å². The van der Waals surface area contributed by atoms with Gasteiger partial charge in [-0.2, -0.15) is 0 Å². The van der Waals surface area contributed by atoms with Gasteiger partial charge in [-0.15, -0.1) is 12.4 Å². The molecule has 2 heterocycles. The van der Waals surface area contributed by atoms with Crippen LogP contribution < -0.4 is 0 Å². The highest BCUT2D eigenvalue weighted by Crippen LogP contribution is 2.43. The molecule has 4 rings (SSSR count). The molecule has 1 aliphatic carbocycles. The zero-order chi connectivity index (χ0) is 13.7. The molecule has 0 saturated carbocycles. The van der Waals surface area contributed by atoms with Crippen molar-refractivity contribution in [1.29, 1.82) is 0 Å². The molecule has 5 heteroatoms. The normalized spacial score (nSPS) is 24.7. The smallest absolute Gasteiger partial charge is 0.0990 e. The van der Waals surface area contributed by atoms with Crippen LogP contribution in [0.25, 0.3) is 10.9 Å². The summed E-state index contributed by atoms with van der Waals surface area (Å²) in [5, 5.41) is 1.37. The fraction of sp³-hybridized carbons (Fsp3) is 0.500. The third kappa shape index (κ3) is 2.33. The summed E-state index contributed by atoms with van der Waals surface area (Å²) in [5.41, 5.74) is 4.00. The molecule has 0 amide bonds. The standard InChI is InChI=1S/C16H19BrN2O.ClH/c1-2-6-19-7-8-20-15-10-4-3-5-12-14(10)11(9-13(15)19)16(17)18-12;/h3-5,13,15,18H,2,6-9H2,1H3;1H. The minimum absolute atomic E-state index is 0. The van der Waals surface area contributed by atoms with E-state index < -0.39 is 0 Å². The Morgan fingerprint density at radius 1 is 1.43 bits per heavy atom. The van der Waals surface area contributed by atoms with Gasteiger partial charge in [0.2, 0.25) is 0 Å². The number of nitrogens with zero attached hydrogens (tertiary/aromatic N) is 1. The minimum atomic E-state index is 0. The van der Waals surface area contributed by atoms with Crippen molar-refractivity contribution in [2.75, 3.05) is 19.7 Å². The van der Waals surface area contributed by atoms with E-state index in [2.05, 4.69) is 50.9 Å². The van der Waals surface area contributed by atoms with Gasteiger partial charge >= 0.3 is 0 Å². The number of ether oxygens (including phenoxy) is 1. The lowest BCUT2D eigenvalue weighted by atomic mass is 9.85. The van der Waals surface area contributed by atoms with Gasteiger partial charge in [-0.3, -0.25) is 4.90 Å². The molecule has 3 nitrogen and oxygen atoms in total. The van der Waals surface area contributed by atoms with Gasteiger partial charge in [-0.05, 0) is 52.5 Å². The molecule has 1 aliphatic heterocycles. The second-order valence-corrected chi connectivity index (χ2v) is 6.58. The van der Waals surface area contributed by atoms with Crippen molar-refractivity contribution in [3.63, 3.8) is 0 Å². The van der Waals surface area contributed by atoms with Crippen molar-refractivity contribution < 1.29 is 4.74 Å². The summed E-state index contributed by atoms with van der Waals surface area (Å²) < 4.78 is 7.28. The largest absolute Gasteiger partial charge is 0.371 e. The van der Waals surface area contributed by atoms with Crippen molar-refractivity contribution in [2.24, 2.45) is 0 Å². The summed E-state index contributed by atoms with van der Waals surface area (Å²) >= 11 is 3.70. The van der Waals surface area contributed by atoms with E-state index >= 15 is 0 Å². The molecule has 1 aromatic carbocycles. The van der Waals surface area contributed by atoms with Crippen LogP contribution in [0.15, 0.2) is 22.8 Å². The second-order valence-electron chi connectivity index (χ2n) is 5.79. The zero-order valence-electron chi connectivity index (χ0n) is 12.1. The summed E-state index contributed by atoms with van der Waals surface area (Å²) in [4.78, 5) is 6.06. The van der Waals surface area contributed by atoms with Crippen LogP contribution in [0.5, 0.6) is 0 Å². The van der Waals surface area contributed by atoms with E-state index in [0.717, 1.165) is 30.7 Å². The predicted octanol–water partition coefficient (Wildman–Crippen LogP) is 4.06. The topological polar surface area (TPSA) is 28.3 Å². The summed E-state index contributed by atoms with van der Waals surface area (Å²) in [5.74, 6) is 0. The molecule has 2 atom stereocenters. The Balaban J connectivity index is 0.00000132. The number of nitrogens with one attached hydrogen (secondary N) is 1. The number of halogens is 2. The number of benzene rings is 1. The lowest BCUT2D eigenvalue weighted by molar-refractivity contribution is -0.0740. The highest BCUT2D eigenvalue weighted by Gasteiger charge is 2.38. The van der Waals surface area contributed by atoms with Crippen molar-refractivity contribution in [1.82, 2.24) is 9.88 Å². The van der Waals surface area contributed by atoms with E-state index in [0.29, 0.717) is 6.04 Å². The summed E-state index contributed by atoms with van der Waals surface area (Å²) in [6, 6.07) is 7.00. The van der Waals surface area contributed by atoms with Crippen LogP contribution in [0, 0.1) is 0 Å². The Labute approximate surface area is 139 Å². The van der Waals surface area contributed by atoms with Crippen LogP contribution in [-0.2, 0) is 11.2 Å². The van der Waals surface area contributed by atoms with E-state index in [1.807, 2.05) is 0 Å². The van der Waals surface area contributed by atoms with Crippen molar-refractivity contribution in [3.8, 4) is 0 Å². The first kappa shape index (κ1) is 15.3. The fourth-order valence-electron chi connectivity index (χ4n) is 3.82. The highest BCUT2D eigenvalue weighted by molar-refractivity contribution is 9.10. The number of aromatic amines is 1. The van der Waals surface area contributed by atoms with Gasteiger partial charge in [-0.1, -0.05) is 19.1 Å². The fourth-order valence-corrected chi connectivity index (χ4v) is 4.39. The molecule has 2 aliphatic rings. The number of rotatable bonds is 2. The number of morpholine rings is 1. The quantitative estimate of drug-likeness (QED) is 0.862. The van der Waals surface area contributed by atoms with Crippen LogP contribution >= 0.6 is 28.3 Å². The molecule has 0 spiro atoms. The van der Waals surface area contributed by atoms with E-state index in [9.17, 15) is 0 Å². The van der Waals surface area contributed by atoms with E-state index in [4.69, 9.17) is 4.74 Å². The maximum atomic E-state index is 6.14. The molecular formula is C16H20BrClN2O. The molecule has 2 unspecified atom stereocenters.